The monoisotopic (exact) mass is 338 g/mol. The van der Waals surface area contributed by atoms with Crippen molar-refractivity contribution in [2.45, 2.75) is 12.3 Å². The van der Waals surface area contributed by atoms with Crippen molar-refractivity contribution in [1.82, 2.24) is 21.3 Å². The minimum absolute atomic E-state index is 0.438. The summed E-state index contributed by atoms with van der Waals surface area (Å²) < 4.78 is 0. The molecule has 0 heterocycles. The number of nitrogens with one attached hydrogen (secondary N) is 4. The van der Waals surface area contributed by atoms with Crippen LogP contribution in [0.5, 0.6) is 0 Å². The second-order valence-electron chi connectivity index (χ2n) is 4.57. The van der Waals surface area contributed by atoms with Gasteiger partial charge in [0.05, 0.1) is 0 Å². The highest BCUT2D eigenvalue weighted by Gasteiger charge is 2.17. The minimum Gasteiger partial charge on any atom is -0.352 e. The number of carbonyl (C=O) groups is 4. The second-order valence-corrected chi connectivity index (χ2v) is 4.57. The molecule has 0 aromatic heterocycles. The van der Waals surface area contributed by atoms with E-state index in [2.05, 4.69) is 21.3 Å². The van der Waals surface area contributed by atoms with Gasteiger partial charge in [0.1, 0.15) is 12.3 Å². The highest BCUT2D eigenvalue weighted by Crippen LogP contribution is 2.15. The van der Waals surface area contributed by atoms with Crippen LogP contribution < -0.4 is 44.2 Å². The van der Waals surface area contributed by atoms with E-state index in [-0.39, 0.29) is 0 Å². The molecule has 8 amide bonds. The summed E-state index contributed by atoms with van der Waals surface area (Å²) in [6.45, 7) is 0. The molecule has 12 N–H and O–H groups in total. The van der Waals surface area contributed by atoms with Gasteiger partial charge in [0.15, 0.2) is 0 Å². The van der Waals surface area contributed by atoms with Gasteiger partial charge in [-0.15, -0.1) is 0 Å². The number of carbonyl (C=O) groups excluding carboxylic acids is 4. The summed E-state index contributed by atoms with van der Waals surface area (Å²) in [5.74, 6) is 0. The Balaban J connectivity index is 3.01. The van der Waals surface area contributed by atoms with E-state index in [1.54, 1.807) is 0 Å². The molecule has 12 heteroatoms. The number of amides is 8. The van der Waals surface area contributed by atoms with Crippen LogP contribution in [0.2, 0.25) is 0 Å². The number of rotatable bonds is 6. The molecule has 24 heavy (non-hydrogen) atoms. The van der Waals surface area contributed by atoms with Gasteiger partial charge in [-0.25, -0.2) is 19.2 Å². The van der Waals surface area contributed by atoms with Crippen molar-refractivity contribution in [2.24, 2.45) is 22.9 Å². The number of hydrogen-bond acceptors (Lipinski definition) is 4. The third kappa shape index (κ3) is 5.97. The predicted octanol–water partition coefficient (Wildman–Crippen LogP) is -1.64. The van der Waals surface area contributed by atoms with Gasteiger partial charge in [0, 0.05) is 0 Å². The Morgan fingerprint density at radius 1 is 0.583 bits per heavy atom. The van der Waals surface area contributed by atoms with E-state index in [0.29, 0.717) is 11.1 Å². The summed E-state index contributed by atoms with van der Waals surface area (Å²) in [6, 6.07) is 2.52. The quantitative estimate of drug-likeness (QED) is 0.286. The number of urea groups is 4. The fraction of sp³-hybridized carbons (Fsp3) is 0.167. The molecule has 0 radical (unpaired) electrons. The molecule has 0 atom stereocenters. The van der Waals surface area contributed by atoms with Crippen molar-refractivity contribution in [2.75, 3.05) is 0 Å². The normalized spacial score (nSPS) is 10.1. The molecule has 130 valence electrons. The molecule has 0 aliphatic carbocycles. The first-order valence-corrected chi connectivity index (χ1v) is 6.52. The maximum atomic E-state index is 11.0. The summed E-state index contributed by atoms with van der Waals surface area (Å²) in [7, 11) is 0. The molecule has 12 nitrogen and oxygen atoms in total. The van der Waals surface area contributed by atoms with Crippen LogP contribution in [-0.4, -0.2) is 24.1 Å². The predicted molar refractivity (Wildman–Crippen MR) is 82.8 cm³/mol. The van der Waals surface area contributed by atoms with Crippen molar-refractivity contribution in [3.05, 3.63) is 35.4 Å². The van der Waals surface area contributed by atoms with Crippen molar-refractivity contribution < 1.29 is 19.2 Å². The van der Waals surface area contributed by atoms with Crippen LogP contribution in [0.4, 0.5) is 19.2 Å². The Labute approximate surface area is 136 Å². The van der Waals surface area contributed by atoms with E-state index in [1.807, 2.05) is 0 Å². The zero-order chi connectivity index (χ0) is 18.3. The molecule has 1 aromatic rings. The van der Waals surface area contributed by atoms with Crippen molar-refractivity contribution in [3.63, 3.8) is 0 Å². The van der Waals surface area contributed by atoms with Crippen LogP contribution >= 0.6 is 0 Å². The number of nitrogens with two attached hydrogens (primary N) is 4. The molecular formula is C12H18N8O4. The topological polar surface area (TPSA) is 220 Å². The van der Waals surface area contributed by atoms with E-state index in [0.717, 1.165) is 0 Å². The summed E-state index contributed by atoms with van der Waals surface area (Å²) in [4.78, 5) is 43.9. The molecule has 0 aliphatic heterocycles. The van der Waals surface area contributed by atoms with E-state index in [4.69, 9.17) is 22.9 Å². The van der Waals surface area contributed by atoms with Gasteiger partial charge in [-0.1, -0.05) is 24.3 Å². The lowest BCUT2D eigenvalue weighted by Crippen LogP contribution is -2.45. The molecule has 1 rings (SSSR count). The second kappa shape index (κ2) is 8.07. The fourth-order valence-electron chi connectivity index (χ4n) is 1.86. The summed E-state index contributed by atoms with van der Waals surface area (Å²) >= 11 is 0. The van der Waals surface area contributed by atoms with Crippen LogP contribution in [0.25, 0.3) is 0 Å². The van der Waals surface area contributed by atoms with Gasteiger partial charge >= 0.3 is 24.1 Å². The van der Waals surface area contributed by atoms with Gasteiger partial charge in [0.25, 0.3) is 0 Å². The van der Waals surface area contributed by atoms with E-state index < -0.39 is 36.5 Å². The SMILES string of the molecule is NC(=O)NC(NC(N)=O)c1ccc(C(NC(N)=O)NC(N)=O)cc1. The van der Waals surface area contributed by atoms with Crippen LogP contribution in [-0.2, 0) is 0 Å². The average Bonchev–Trinajstić information content (AvgIpc) is 2.44. The molecule has 0 saturated carbocycles. The first-order chi connectivity index (χ1) is 11.2. The number of primary amides is 4. The van der Waals surface area contributed by atoms with Gasteiger partial charge in [0.2, 0.25) is 0 Å². The molecular weight excluding hydrogens is 320 g/mol. The summed E-state index contributed by atoms with van der Waals surface area (Å²) in [6.07, 6.45) is -1.92. The number of hydrogen-bond donors (Lipinski definition) is 8. The third-order valence-corrected chi connectivity index (χ3v) is 2.75. The Kier molecular flexibility index (Phi) is 6.17. The molecule has 0 unspecified atom stereocenters. The Hall–Kier alpha value is -3.70. The van der Waals surface area contributed by atoms with E-state index >= 15 is 0 Å². The molecule has 0 saturated heterocycles. The maximum Gasteiger partial charge on any atom is 0.314 e. The highest BCUT2D eigenvalue weighted by atomic mass is 16.2. The molecule has 0 bridgehead atoms. The van der Waals surface area contributed by atoms with Gasteiger partial charge in [-0.05, 0) is 11.1 Å². The van der Waals surface area contributed by atoms with E-state index in [9.17, 15) is 19.2 Å². The summed E-state index contributed by atoms with van der Waals surface area (Å²) in [5.41, 5.74) is 21.0. The Morgan fingerprint density at radius 3 is 0.958 bits per heavy atom. The van der Waals surface area contributed by atoms with Crippen LogP contribution in [0, 0.1) is 0 Å². The fourth-order valence-corrected chi connectivity index (χ4v) is 1.86. The molecule has 1 aromatic carbocycles. The standard InChI is InChI=1S/C12H18N8O4/c13-9(21)17-7(18-10(14)22)5-1-2-6(4-3-5)8(19-11(15)23)20-12(16)24/h1-4,7-8H,(H3,13,17,21)(H3,14,18,22)(H3,15,19,23)(H3,16,20,24). The van der Waals surface area contributed by atoms with Crippen LogP contribution in [0.3, 0.4) is 0 Å². The Morgan fingerprint density at radius 2 is 0.792 bits per heavy atom. The molecule has 0 fully saturated rings. The summed E-state index contributed by atoms with van der Waals surface area (Å²) in [5, 5.41) is 9.15. The lowest BCUT2D eigenvalue weighted by Gasteiger charge is -2.21. The van der Waals surface area contributed by atoms with Crippen molar-refractivity contribution in [3.8, 4) is 0 Å². The molecule has 0 spiro atoms. The zero-order valence-corrected chi connectivity index (χ0v) is 12.4. The van der Waals surface area contributed by atoms with Crippen LogP contribution in [0.15, 0.2) is 24.3 Å². The van der Waals surface area contributed by atoms with E-state index in [1.165, 1.54) is 24.3 Å². The zero-order valence-electron chi connectivity index (χ0n) is 12.4. The largest absolute Gasteiger partial charge is 0.352 e. The highest BCUT2D eigenvalue weighted by molar-refractivity contribution is 5.76. The van der Waals surface area contributed by atoms with Crippen molar-refractivity contribution in [1.29, 1.82) is 0 Å². The van der Waals surface area contributed by atoms with Crippen LogP contribution in [0.1, 0.15) is 23.5 Å². The number of benzene rings is 1. The Bertz CT molecular complexity index is 545. The first kappa shape index (κ1) is 18.3. The smallest absolute Gasteiger partial charge is 0.314 e. The lowest BCUT2D eigenvalue weighted by atomic mass is 10.1. The lowest BCUT2D eigenvalue weighted by molar-refractivity contribution is 0.233. The average molecular weight is 338 g/mol. The maximum absolute atomic E-state index is 11.0. The third-order valence-electron chi connectivity index (χ3n) is 2.75. The minimum atomic E-state index is -0.958. The first-order valence-electron chi connectivity index (χ1n) is 6.52. The van der Waals surface area contributed by atoms with Gasteiger partial charge < -0.3 is 44.2 Å². The van der Waals surface area contributed by atoms with Gasteiger partial charge in [-0.3, -0.25) is 0 Å². The molecule has 0 aliphatic rings. The van der Waals surface area contributed by atoms with Crippen molar-refractivity contribution >= 4 is 24.1 Å². The van der Waals surface area contributed by atoms with Gasteiger partial charge in [-0.2, -0.15) is 0 Å².